The van der Waals surface area contributed by atoms with Gasteiger partial charge in [-0.15, -0.1) is 0 Å². The first kappa shape index (κ1) is 19.5. The lowest BCUT2D eigenvalue weighted by Gasteiger charge is -2.21. The number of carbonyl (C=O) groups is 2. The van der Waals surface area contributed by atoms with Gasteiger partial charge >= 0.3 is 5.97 Å². The van der Waals surface area contributed by atoms with Gasteiger partial charge in [-0.25, -0.2) is 4.79 Å². The van der Waals surface area contributed by atoms with Crippen molar-refractivity contribution < 1.29 is 23.8 Å². The van der Waals surface area contributed by atoms with Gasteiger partial charge in [-0.3, -0.25) is 4.79 Å². The highest BCUT2D eigenvalue weighted by Crippen LogP contribution is 2.18. The van der Waals surface area contributed by atoms with Crippen LogP contribution in [0.15, 0.2) is 54.6 Å². The second kappa shape index (κ2) is 9.58. The molecule has 0 aromatic heterocycles. The quantitative estimate of drug-likeness (QED) is 0.734. The number of benzene rings is 2. The third-order valence-electron chi connectivity index (χ3n) is 3.98. The Bertz CT molecular complexity index is 715. The molecule has 138 valence electrons. The molecule has 0 heterocycles. The van der Waals surface area contributed by atoms with Crippen molar-refractivity contribution in [3.05, 3.63) is 65.7 Å². The molecule has 0 aliphatic rings. The van der Waals surface area contributed by atoms with Crippen molar-refractivity contribution in [1.82, 2.24) is 5.32 Å². The lowest BCUT2D eigenvalue weighted by Crippen LogP contribution is -2.45. The number of amides is 1. The van der Waals surface area contributed by atoms with Crippen molar-refractivity contribution in [2.45, 2.75) is 18.6 Å². The highest BCUT2D eigenvalue weighted by Gasteiger charge is 2.27. The maximum absolute atomic E-state index is 12.6. The van der Waals surface area contributed by atoms with Crippen LogP contribution in [0.25, 0.3) is 0 Å². The van der Waals surface area contributed by atoms with Gasteiger partial charge in [-0.1, -0.05) is 42.5 Å². The molecule has 6 heteroatoms. The number of carbonyl (C=O) groups excluding carboxylic acids is 2. The molecule has 0 spiro atoms. The SMILES string of the molecule is COC(=O)[C@H](Cc1ccc(OC)cc1)NC(=O)[C@H](OC)c1ccccc1. The topological polar surface area (TPSA) is 73.9 Å². The van der Waals surface area contributed by atoms with Gasteiger partial charge in [0.15, 0.2) is 6.10 Å². The van der Waals surface area contributed by atoms with Crippen LogP contribution in [0.4, 0.5) is 0 Å². The summed E-state index contributed by atoms with van der Waals surface area (Å²) in [6.07, 6.45) is -0.507. The maximum atomic E-state index is 12.6. The molecule has 0 saturated heterocycles. The van der Waals surface area contributed by atoms with E-state index in [4.69, 9.17) is 14.2 Å². The lowest BCUT2D eigenvalue weighted by atomic mass is 10.0. The summed E-state index contributed by atoms with van der Waals surface area (Å²) in [5.41, 5.74) is 1.58. The average molecular weight is 357 g/mol. The molecule has 0 bridgehead atoms. The molecule has 1 amide bonds. The predicted octanol–water partition coefficient (Wildman–Crippen LogP) is 2.28. The first-order chi connectivity index (χ1) is 12.6. The van der Waals surface area contributed by atoms with Crippen LogP contribution in [0.5, 0.6) is 5.75 Å². The second-order valence-corrected chi connectivity index (χ2v) is 5.66. The zero-order valence-corrected chi connectivity index (χ0v) is 15.1. The molecule has 26 heavy (non-hydrogen) atoms. The lowest BCUT2D eigenvalue weighted by molar-refractivity contribution is -0.146. The minimum atomic E-state index is -0.817. The van der Waals surface area contributed by atoms with Crippen molar-refractivity contribution in [2.75, 3.05) is 21.3 Å². The Kier molecular flexibility index (Phi) is 7.17. The van der Waals surface area contributed by atoms with E-state index in [2.05, 4.69) is 5.32 Å². The van der Waals surface area contributed by atoms with Crippen molar-refractivity contribution in [2.24, 2.45) is 0 Å². The predicted molar refractivity (Wildman–Crippen MR) is 96.8 cm³/mol. The summed E-state index contributed by atoms with van der Waals surface area (Å²) >= 11 is 0. The normalized spacial score (nSPS) is 12.7. The van der Waals surface area contributed by atoms with Gasteiger partial charge in [0.05, 0.1) is 14.2 Å². The standard InChI is InChI=1S/C20H23NO5/c1-24-16-11-9-14(10-12-16)13-17(20(23)26-3)21-19(22)18(25-2)15-7-5-4-6-8-15/h4-12,17-18H,13H2,1-3H3,(H,21,22)/t17-,18+/m0/s1. The van der Waals surface area contributed by atoms with Crippen LogP contribution in [0, 0.1) is 0 Å². The fraction of sp³-hybridized carbons (Fsp3) is 0.300. The molecule has 1 N–H and O–H groups in total. The number of nitrogens with one attached hydrogen (secondary N) is 1. The van der Waals surface area contributed by atoms with Gasteiger partial charge in [-0.05, 0) is 23.3 Å². The molecule has 0 radical (unpaired) electrons. The molecule has 2 atom stereocenters. The zero-order chi connectivity index (χ0) is 18.9. The third-order valence-corrected chi connectivity index (χ3v) is 3.98. The van der Waals surface area contributed by atoms with Crippen molar-refractivity contribution in [3.63, 3.8) is 0 Å². The van der Waals surface area contributed by atoms with Crippen molar-refractivity contribution >= 4 is 11.9 Å². The van der Waals surface area contributed by atoms with E-state index in [1.807, 2.05) is 30.3 Å². The van der Waals surface area contributed by atoms with Gasteiger partial charge in [0.25, 0.3) is 5.91 Å². The summed E-state index contributed by atoms with van der Waals surface area (Å²) in [6, 6.07) is 15.6. The minimum absolute atomic E-state index is 0.299. The molecule has 2 aromatic rings. The second-order valence-electron chi connectivity index (χ2n) is 5.66. The third kappa shape index (κ3) is 5.07. The first-order valence-electron chi connectivity index (χ1n) is 8.18. The number of ether oxygens (including phenoxy) is 3. The van der Waals surface area contributed by atoms with E-state index in [9.17, 15) is 9.59 Å². The van der Waals surface area contributed by atoms with E-state index in [-0.39, 0.29) is 0 Å². The van der Waals surface area contributed by atoms with Gasteiger partial charge in [0.2, 0.25) is 0 Å². The molecule has 0 unspecified atom stereocenters. The molecular weight excluding hydrogens is 334 g/mol. The van der Waals surface area contributed by atoms with E-state index in [1.54, 1.807) is 31.4 Å². The van der Waals surface area contributed by atoms with Crippen LogP contribution in [0.1, 0.15) is 17.2 Å². The van der Waals surface area contributed by atoms with E-state index < -0.39 is 24.0 Å². The van der Waals surface area contributed by atoms with Crippen LogP contribution in [-0.2, 0) is 25.5 Å². The molecular formula is C20H23NO5. The smallest absolute Gasteiger partial charge is 0.328 e. The van der Waals surface area contributed by atoms with Crippen LogP contribution >= 0.6 is 0 Å². The monoisotopic (exact) mass is 357 g/mol. The van der Waals surface area contributed by atoms with Gasteiger partial charge in [0, 0.05) is 13.5 Å². The Labute approximate surface area is 153 Å². The number of hydrogen-bond acceptors (Lipinski definition) is 5. The minimum Gasteiger partial charge on any atom is -0.497 e. The highest BCUT2D eigenvalue weighted by molar-refractivity contribution is 5.87. The van der Waals surface area contributed by atoms with Crippen LogP contribution in [-0.4, -0.2) is 39.2 Å². The largest absolute Gasteiger partial charge is 0.497 e. The Morgan fingerprint density at radius 3 is 2.15 bits per heavy atom. The molecule has 0 fully saturated rings. The van der Waals surface area contributed by atoms with Crippen LogP contribution < -0.4 is 10.1 Å². The van der Waals surface area contributed by atoms with Gasteiger partial charge < -0.3 is 19.5 Å². The summed E-state index contributed by atoms with van der Waals surface area (Å²) in [5, 5.41) is 2.72. The fourth-order valence-corrected chi connectivity index (χ4v) is 2.60. The van der Waals surface area contributed by atoms with Crippen LogP contribution in [0.3, 0.4) is 0 Å². The van der Waals surface area contributed by atoms with E-state index in [0.29, 0.717) is 12.0 Å². The molecule has 2 rings (SSSR count). The summed E-state index contributed by atoms with van der Waals surface area (Å²) in [5.74, 6) is -0.198. The Morgan fingerprint density at radius 2 is 1.62 bits per heavy atom. The molecule has 6 nitrogen and oxygen atoms in total. The summed E-state index contributed by atoms with van der Waals surface area (Å²) in [7, 11) is 4.33. The highest BCUT2D eigenvalue weighted by atomic mass is 16.5. The fourth-order valence-electron chi connectivity index (χ4n) is 2.60. The number of esters is 1. The number of hydrogen-bond donors (Lipinski definition) is 1. The van der Waals surface area contributed by atoms with Gasteiger partial charge in [0.1, 0.15) is 11.8 Å². The van der Waals surface area contributed by atoms with Gasteiger partial charge in [-0.2, -0.15) is 0 Å². The Balaban J connectivity index is 2.13. The summed E-state index contributed by atoms with van der Waals surface area (Å²) in [6.45, 7) is 0. The maximum Gasteiger partial charge on any atom is 0.328 e. The number of rotatable bonds is 8. The first-order valence-corrected chi connectivity index (χ1v) is 8.18. The Morgan fingerprint density at radius 1 is 0.962 bits per heavy atom. The average Bonchev–Trinajstić information content (AvgIpc) is 2.68. The summed E-state index contributed by atoms with van der Waals surface area (Å²) < 4.78 is 15.3. The van der Waals surface area contributed by atoms with E-state index in [0.717, 1.165) is 11.3 Å². The molecule has 2 aromatic carbocycles. The summed E-state index contributed by atoms with van der Waals surface area (Å²) in [4.78, 5) is 24.8. The molecule has 0 aliphatic carbocycles. The van der Waals surface area contributed by atoms with E-state index in [1.165, 1.54) is 14.2 Å². The zero-order valence-electron chi connectivity index (χ0n) is 15.1. The van der Waals surface area contributed by atoms with E-state index >= 15 is 0 Å². The van der Waals surface area contributed by atoms with Crippen molar-refractivity contribution in [1.29, 1.82) is 0 Å². The van der Waals surface area contributed by atoms with Crippen molar-refractivity contribution in [3.8, 4) is 5.75 Å². The number of methoxy groups -OCH3 is 3. The van der Waals surface area contributed by atoms with Crippen LogP contribution in [0.2, 0.25) is 0 Å². The Hall–Kier alpha value is -2.86. The molecule has 0 aliphatic heterocycles. The molecule has 0 saturated carbocycles.